The summed E-state index contributed by atoms with van der Waals surface area (Å²) in [6, 6.07) is 5.27. The van der Waals surface area contributed by atoms with E-state index in [4.69, 9.17) is 27.9 Å². The van der Waals surface area contributed by atoms with Gasteiger partial charge in [-0.25, -0.2) is 0 Å². The van der Waals surface area contributed by atoms with Crippen LogP contribution in [-0.2, 0) is 0 Å². The molecule has 1 N–H and O–H groups in total. The highest BCUT2D eigenvalue weighted by atomic mass is 35.5. The fraction of sp³-hybridized carbons (Fsp3) is 0.571. The Hall–Kier alpha value is -0.440. The highest BCUT2D eigenvalue weighted by Gasteiger charge is 2.13. The Morgan fingerprint density at radius 3 is 2.78 bits per heavy atom. The Balaban J connectivity index is 1.64. The van der Waals surface area contributed by atoms with Crippen LogP contribution in [0.15, 0.2) is 18.2 Å². The van der Waals surface area contributed by atoms with Crippen LogP contribution in [0.4, 0.5) is 0 Å². The quantitative estimate of drug-likeness (QED) is 0.794. The van der Waals surface area contributed by atoms with Gasteiger partial charge < -0.3 is 10.1 Å². The first kappa shape index (κ1) is 14.0. The molecule has 2 nitrogen and oxygen atoms in total. The zero-order valence-corrected chi connectivity index (χ0v) is 11.9. The second-order valence-electron chi connectivity index (χ2n) is 4.78. The Bertz CT molecular complexity index is 378. The molecule has 0 bridgehead atoms. The minimum atomic E-state index is 0.607. The van der Waals surface area contributed by atoms with Gasteiger partial charge in [0.15, 0.2) is 0 Å². The Morgan fingerprint density at radius 1 is 1.22 bits per heavy atom. The molecule has 4 heteroatoms. The molecule has 1 aromatic rings. The van der Waals surface area contributed by atoms with E-state index in [0.29, 0.717) is 22.4 Å². The predicted octanol–water partition coefficient (Wildman–Crippen LogP) is 4.15. The van der Waals surface area contributed by atoms with Crippen molar-refractivity contribution in [3.63, 3.8) is 0 Å². The maximum absolute atomic E-state index is 6.01. The lowest BCUT2D eigenvalue weighted by Gasteiger charge is -2.12. The number of nitrogens with one attached hydrogen (secondary N) is 1. The molecule has 1 aliphatic carbocycles. The molecule has 0 unspecified atom stereocenters. The van der Waals surface area contributed by atoms with Crippen molar-refractivity contribution in [2.45, 2.75) is 25.7 Å². The van der Waals surface area contributed by atoms with E-state index in [0.717, 1.165) is 19.0 Å². The fourth-order valence-corrected chi connectivity index (χ4v) is 2.68. The molecule has 2 rings (SSSR count). The summed E-state index contributed by atoms with van der Waals surface area (Å²) in [5.41, 5.74) is 0. The number of halogens is 2. The molecular formula is C14H19Cl2NO. The topological polar surface area (TPSA) is 21.3 Å². The molecule has 0 atom stereocenters. The van der Waals surface area contributed by atoms with Crippen molar-refractivity contribution >= 4 is 23.2 Å². The average Bonchev–Trinajstić information content (AvgIpc) is 2.86. The van der Waals surface area contributed by atoms with Crippen LogP contribution in [-0.4, -0.2) is 19.7 Å². The SMILES string of the molecule is Clc1ccc(Cl)c(OCCNCC2CCCC2)c1. The van der Waals surface area contributed by atoms with Crippen LogP contribution < -0.4 is 10.1 Å². The largest absolute Gasteiger partial charge is 0.491 e. The standard InChI is InChI=1S/C14H19Cl2NO/c15-12-5-6-13(16)14(9-12)18-8-7-17-10-11-3-1-2-4-11/h5-6,9,11,17H,1-4,7-8,10H2. The number of ether oxygens (including phenoxy) is 1. The number of rotatable bonds is 6. The van der Waals surface area contributed by atoms with Crippen LogP contribution in [0.25, 0.3) is 0 Å². The van der Waals surface area contributed by atoms with Crippen molar-refractivity contribution in [1.29, 1.82) is 0 Å². The summed E-state index contributed by atoms with van der Waals surface area (Å²) in [7, 11) is 0. The van der Waals surface area contributed by atoms with Gasteiger partial charge in [0, 0.05) is 17.6 Å². The first-order valence-electron chi connectivity index (χ1n) is 6.54. The number of benzene rings is 1. The molecule has 1 saturated carbocycles. The molecule has 0 spiro atoms. The molecule has 0 saturated heterocycles. The van der Waals surface area contributed by atoms with E-state index >= 15 is 0 Å². The molecule has 1 fully saturated rings. The molecular weight excluding hydrogens is 269 g/mol. The zero-order chi connectivity index (χ0) is 12.8. The summed E-state index contributed by atoms with van der Waals surface area (Å²) in [5.74, 6) is 1.52. The van der Waals surface area contributed by atoms with Gasteiger partial charge >= 0.3 is 0 Å². The van der Waals surface area contributed by atoms with Gasteiger partial charge in [0.25, 0.3) is 0 Å². The van der Waals surface area contributed by atoms with Gasteiger partial charge in [-0.2, -0.15) is 0 Å². The first-order valence-corrected chi connectivity index (χ1v) is 7.30. The van der Waals surface area contributed by atoms with Gasteiger partial charge in [0.2, 0.25) is 0 Å². The van der Waals surface area contributed by atoms with Gasteiger partial charge in [-0.15, -0.1) is 0 Å². The third-order valence-electron chi connectivity index (χ3n) is 3.34. The average molecular weight is 288 g/mol. The number of hydrogen-bond donors (Lipinski definition) is 1. The predicted molar refractivity (Wildman–Crippen MR) is 76.8 cm³/mol. The van der Waals surface area contributed by atoms with E-state index in [1.807, 2.05) is 0 Å². The van der Waals surface area contributed by atoms with Crippen molar-refractivity contribution in [3.05, 3.63) is 28.2 Å². The third-order valence-corrected chi connectivity index (χ3v) is 3.88. The smallest absolute Gasteiger partial charge is 0.139 e. The monoisotopic (exact) mass is 287 g/mol. The van der Waals surface area contributed by atoms with Crippen molar-refractivity contribution in [1.82, 2.24) is 5.32 Å². The van der Waals surface area contributed by atoms with Crippen molar-refractivity contribution in [2.24, 2.45) is 5.92 Å². The molecule has 0 aliphatic heterocycles. The second-order valence-corrected chi connectivity index (χ2v) is 5.62. The molecule has 0 aromatic heterocycles. The van der Waals surface area contributed by atoms with E-state index in [9.17, 15) is 0 Å². The zero-order valence-electron chi connectivity index (χ0n) is 10.4. The Kier molecular flexibility index (Phi) is 5.61. The third kappa shape index (κ3) is 4.34. The lowest BCUT2D eigenvalue weighted by molar-refractivity contribution is 0.309. The molecule has 0 amide bonds. The lowest BCUT2D eigenvalue weighted by atomic mass is 10.1. The molecule has 1 aromatic carbocycles. The van der Waals surface area contributed by atoms with E-state index in [2.05, 4.69) is 5.32 Å². The fourth-order valence-electron chi connectivity index (χ4n) is 2.34. The summed E-state index contributed by atoms with van der Waals surface area (Å²) < 4.78 is 5.60. The van der Waals surface area contributed by atoms with Crippen LogP contribution in [0.2, 0.25) is 10.0 Å². The normalized spacial score (nSPS) is 16.1. The summed E-state index contributed by atoms with van der Waals surface area (Å²) in [5, 5.41) is 4.68. The maximum atomic E-state index is 6.01. The highest BCUT2D eigenvalue weighted by molar-refractivity contribution is 6.34. The molecule has 0 heterocycles. The van der Waals surface area contributed by atoms with Crippen molar-refractivity contribution in [2.75, 3.05) is 19.7 Å². The summed E-state index contributed by atoms with van der Waals surface area (Å²) >= 11 is 11.9. The molecule has 0 radical (unpaired) electrons. The van der Waals surface area contributed by atoms with Crippen LogP contribution >= 0.6 is 23.2 Å². The summed E-state index contributed by atoms with van der Waals surface area (Å²) in [4.78, 5) is 0. The number of hydrogen-bond acceptors (Lipinski definition) is 2. The van der Waals surface area contributed by atoms with E-state index in [1.165, 1.54) is 25.7 Å². The van der Waals surface area contributed by atoms with Gasteiger partial charge in [0.1, 0.15) is 12.4 Å². The Morgan fingerprint density at radius 2 is 2.00 bits per heavy atom. The summed E-state index contributed by atoms with van der Waals surface area (Å²) in [6.45, 7) is 2.57. The first-order chi connectivity index (χ1) is 8.75. The second kappa shape index (κ2) is 7.22. The van der Waals surface area contributed by atoms with Crippen LogP contribution in [0.5, 0.6) is 5.75 Å². The van der Waals surface area contributed by atoms with Crippen molar-refractivity contribution < 1.29 is 4.74 Å². The van der Waals surface area contributed by atoms with Gasteiger partial charge in [0.05, 0.1) is 5.02 Å². The maximum Gasteiger partial charge on any atom is 0.139 e. The van der Waals surface area contributed by atoms with Gasteiger partial charge in [-0.05, 0) is 37.4 Å². The molecule has 1 aliphatic rings. The minimum absolute atomic E-state index is 0.607. The highest BCUT2D eigenvalue weighted by Crippen LogP contribution is 2.27. The van der Waals surface area contributed by atoms with E-state index < -0.39 is 0 Å². The Labute approximate surface area is 119 Å². The molecule has 18 heavy (non-hydrogen) atoms. The van der Waals surface area contributed by atoms with Crippen LogP contribution in [0, 0.1) is 5.92 Å². The van der Waals surface area contributed by atoms with Gasteiger partial charge in [-0.1, -0.05) is 36.0 Å². The van der Waals surface area contributed by atoms with Crippen molar-refractivity contribution in [3.8, 4) is 5.75 Å². The minimum Gasteiger partial charge on any atom is -0.491 e. The van der Waals surface area contributed by atoms with Crippen LogP contribution in [0.1, 0.15) is 25.7 Å². The van der Waals surface area contributed by atoms with Crippen LogP contribution in [0.3, 0.4) is 0 Å². The molecule has 100 valence electrons. The van der Waals surface area contributed by atoms with E-state index in [-0.39, 0.29) is 0 Å². The summed E-state index contributed by atoms with van der Waals surface area (Å²) in [6.07, 6.45) is 5.52. The van der Waals surface area contributed by atoms with E-state index in [1.54, 1.807) is 18.2 Å². The lowest BCUT2D eigenvalue weighted by Crippen LogP contribution is -2.26. The van der Waals surface area contributed by atoms with Gasteiger partial charge in [-0.3, -0.25) is 0 Å².